The van der Waals surface area contributed by atoms with Crippen LogP contribution in [0.25, 0.3) is 17.2 Å². The third-order valence-corrected chi connectivity index (χ3v) is 7.24. The van der Waals surface area contributed by atoms with E-state index in [9.17, 15) is 14.4 Å². The van der Waals surface area contributed by atoms with E-state index >= 15 is 0 Å². The van der Waals surface area contributed by atoms with Gasteiger partial charge in [-0.25, -0.2) is 14.4 Å². The zero-order valence-corrected chi connectivity index (χ0v) is 25.9. The number of aryl methyl sites for hydroxylation is 2. The summed E-state index contributed by atoms with van der Waals surface area (Å²) in [5.74, 6) is 0.202. The summed E-state index contributed by atoms with van der Waals surface area (Å²) in [5.41, 5.74) is 6.22. The molecule has 8 heteroatoms. The van der Waals surface area contributed by atoms with Gasteiger partial charge in [0.25, 0.3) is 0 Å². The number of fused-ring (bicyclic) bond motifs is 3. The van der Waals surface area contributed by atoms with Crippen molar-refractivity contribution in [1.82, 2.24) is 0 Å². The predicted octanol–water partition coefficient (Wildman–Crippen LogP) is 6.70. The molecule has 0 heterocycles. The molecule has 4 rings (SSSR count). The maximum absolute atomic E-state index is 12.3. The Morgan fingerprint density at radius 3 is 1.93 bits per heavy atom. The summed E-state index contributed by atoms with van der Waals surface area (Å²) >= 11 is 0. The molecular weight excluding hydrogens is 572 g/mol. The van der Waals surface area contributed by atoms with Crippen molar-refractivity contribution in [3.8, 4) is 28.4 Å². The van der Waals surface area contributed by atoms with Crippen molar-refractivity contribution in [2.75, 3.05) is 26.9 Å². The second-order valence-corrected chi connectivity index (χ2v) is 10.9. The lowest BCUT2D eigenvalue weighted by atomic mass is 9.84. The van der Waals surface area contributed by atoms with Gasteiger partial charge in [0.1, 0.15) is 17.2 Å². The standard InChI is InChI=1S/C37H38O8/c1-24(2)36(39)43-22-27(23-44-37(40)25(3)4)18-19-42-32-14-16-34-29(21-32)9-8-28-20-26(6-15-33(28)34)7-17-35(38)45-31-12-10-30(41-5)11-13-31/h6-7,10-17,20-21,27H,1,3,8-9,18-19,22-23H2,2,4-5H3/b17-7+. The molecule has 0 N–H and O–H groups in total. The van der Waals surface area contributed by atoms with Crippen molar-refractivity contribution in [1.29, 1.82) is 0 Å². The van der Waals surface area contributed by atoms with Crippen LogP contribution in [0.15, 0.2) is 91.0 Å². The van der Waals surface area contributed by atoms with Gasteiger partial charge in [-0.15, -0.1) is 0 Å². The van der Waals surface area contributed by atoms with Crippen LogP contribution in [0.5, 0.6) is 17.2 Å². The van der Waals surface area contributed by atoms with E-state index in [1.807, 2.05) is 12.1 Å². The number of benzene rings is 3. The van der Waals surface area contributed by atoms with Crippen LogP contribution in [0.1, 0.15) is 37.0 Å². The Labute approximate surface area is 263 Å². The highest BCUT2D eigenvalue weighted by molar-refractivity contribution is 5.89. The molecule has 45 heavy (non-hydrogen) atoms. The average molecular weight is 611 g/mol. The number of methoxy groups -OCH3 is 1. The molecule has 0 spiro atoms. The largest absolute Gasteiger partial charge is 0.497 e. The fraction of sp³-hybridized carbons (Fsp3) is 0.270. The van der Waals surface area contributed by atoms with Crippen molar-refractivity contribution in [2.45, 2.75) is 33.1 Å². The van der Waals surface area contributed by atoms with Crippen LogP contribution in [0.2, 0.25) is 0 Å². The molecule has 0 aromatic heterocycles. The number of ether oxygens (including phenoxy) is 5. The van der Waals surface area contributed by atoms with E-state index in [2.05, 4.69) is 37.4 Å². The lowest BCUT2D eigenvalue weighted by Crippen LogP contribution is -2.23. The molecule has 0 saturated carbocycles. The summed E-state index contributed by atoms with van der Waals surface area (Å²) in [4.78, 5) is 36.0. The van der Waals surface area contributed by atoms with Gasteiger partial charge < -0.3 is 23.7 Å². The van der Waals surface area contributed by atoms with E-state index in [1.54, 1.807) is 51.3 Å². The van der Waals surface area contributed by atoms with Crippen LogP contribution in [0.4, 0.5) is 0 Å². The highest BCUT2D eigenvalue weighted by Gasteiger charge is 2.19. The minimum atomic E-state index is -0.488. The van der Waals surface area contributed by atoms with Gasteiger partial charge in [-0.05, 0) is 103 Å². The van der Waals surface area contributed by atoms with E-state index in [0.717, 1.165) is 35.3 Å². The molecular formula is C37H38O8. The second kappa shape index (κ2) is 15.6. The minimum Gasteiger partial charge on any atom is -0.497 e. The first-order valence-corrected chi connectivity index (χ1v) is 14.7. The van der Waals surface area contributed by atoms with E-state index < -0.39 is 17.9 Å². The number of rotatable bonds is 14. The zero-order valence-electron chi connectivity index (χ0n) is 25.9. The quantitative estimate of drug-likeness (QED) is 0.113. The molecule has 0 bridgehead atoms. The van der Waals surface area contributed by atoms with Gasteiger partial charge in [0, 0.05) is 23.1 Å². The summed E-state index contributed by atoms with van der Waals surface area (Å²) in [6.07, 6.45) is 5.39. The molecule has 1 aliphatic carbocycles. The smallest absolute Gasteiger partial charge is 0.336 e. The van der Waals surface area contributed by atoms with Crippen molar-refractivity contribution >= 4 is 24.0 Å². The van der Waals surface area contributed by atoms with Crippen LogP contribution in [0, 0.1) is 5.92 Å². The molecule has 0 fully saturated rings. The maximum Gasteiger partial charge on any atom is 0.336 e. The highest BCUT2D eigenvalue weighted by atomic mass is 16.5. The van der Waals surface area contributed by atoms with Gasteiger partial charge in [0.2, 0.25) is 0 Å². The van der Waals surface area contributed by atoms with Crippen LogP contribution >= 0.6 is 0 Å². The van der Waals surface area contributed by atoms with Gasteiger partial charge >= 0.3 is 17.9 Å². The minimum absolute atomic E-state index is 0.0839. The lowest BCUT2D eigenvalue weighted by molar-refractivity contribution is -0.144. The number of hydrogen-bond donors (Lipinski definition) is 0. The van der Waals surface area contributed by atoms with Gasteiger partial charge in [-0.2, -0.15) is 0 Å². The molecule has 0 saturated heterocycles. The summed E-state index contributed by atoms with van der Waals surface area (Å²) in [7, 11) is 1.58. The summed E-state index contributed by atoms with van der Waals surface area (Å²) in [6.45, 7) is 10.9. The Morgan fingerprint density at radius 2 is 1.33 bits per heavy atom. The zero-order chi connectivity index (χ0) is 32.3. The average Bonchev–Trinajstić information content (AvgIpc) is 3.04. The Kier molecular flexibility index (Phi) is 11.3. The normalized spacial score (nSPS) is 11.7. The summed E-state index contributed by atoms with van der Waals surface area (Å²) in [5, 5.41) is 0. The first kappa shape index (κ1) is 32.8. The number of carbonyl (C=O) groups excluding carboxylic acids is 3. The maximum atomic E-state index is 12.3. The molecule has 234 valence electrons. The molecule has 3 aromatic carbocycles. The fourth-order valence-corrected chi connectivity index (χ4v) is 4.74. The van der Waals surface area contributed by atoms with E-state index in [1.165, 1.54) is 17.2 Å². The van der Waals surface area contributed by atoms with Crippen molar-refractivity contribution in [3.05, 3.63) is 108 Å². The fourth-order valence-electron chi connectivity index (χ4n) is 4.74. The Morgan fingerprint density at radius 1 is 0.778 bits per heavy atom. The predicted molar refractivity (Wildman–Crippen MR) is 172 cm³/mol. The number of carbonyl (C=O) groups is 3. The molecule has 0 unspecified atom stereocenters. The van der Waals surface area contributed by atoms with E-state index in [0.29, 0.717) is 35.7 Å². The first-order valence-electron chi connectivity index (χ1n) is 14.7. The molecule has 1 aliphatic rings. The van der Waals surface area contributed by atoms with Crippen molar-refractivity contribution < 1.29 is 38.1 Å². The highest BCUT2D eigenvalue weighted by Crippen LogP contribution is 2.36. The van der Waals surface area contributed by atoms with E-state index in [-0.39, 0.29) is 19.1 Å². The summed E-state index contributed by atoms with van der Waals surface area (Å²) < 4.78 is 27.1. The topological polar surface area (TPSA) is 97.4 Å². The second-order valence-electron chi connectivity index (χ2n) is 10.9. The van der Waals surface area contributed by atoms with Gasteiger partial charge in [0.15, 0.2) is 0 Å². The first-order chi connectivity index (χ1) is 21.6. The molecule has 8 nitrogen and oxygen atoms in total. The number of hydrogen-bond acceptors (Lipinski definition) is 8. The van der Waals surface area contributed by atoms with Crippen LogP contribution in [0.3, 0.4) is 0 Å². The Balaban J connectivity index is 1.34. The molecule has 0 atom stereocenters. The lowest BCUT2D eigenvalue weighted by Gasteiger charge is -2.22. The molecule has 3 aromatic rings. The van der Waals surface area contributed by atoms with Crippen molar-refractivity contribution in [2.24, 2.45) is 5.92 Å². The molecule has 0 aliphatic heterocycles. The third-order valence-electron chi connectivity index (χ3n) is 7.24. The summed E-state index contributed by atoms with van der Waals surface area (Å²) in [6, 6.07) is 19.0. The SMILES string of the molecule is C=C(C)C(=O)OCC(CCOc1ccc2c(c1)CCc1cc(/C=C/C(=O)Oc3ccc(OC)cc3)ccc1-2)COC(=O)C(=C)C. The van der Waals surface area contributed by atoms with Gasteiger partial charge in [-0.3, -0.25) is 0 Å². The van der Waals surface area contributed by atoms with Crippen LogP contribution in [-0.2, 0) is 36.7 Å². The van der Waals surface area contributed by atoms with Crippen molar-refractivity contribution in [3.63, 3.8) is 0 Å². The monoisotopic (exact) mass is 610 g/mol. The Bertz CT molecular complexity index is 1570. The Hall–Kier alpha value is -5.11. The third kappa shape index (κ3) is 9.44. The molecule has 0 amide bonds. The van der Waals surface area contributed by atoms with Gasteiger partial charge in [0.05, 0.1) is 26.9 Å². The molecule has 0 radical (unpaired) electrons. The van der Waals surface area contributed by atoms with Crippen LogP contribution < -0.4 is 14.2 Å². The van der Waals surface area contributed by atoms with Gasteiger partial charge in [-0.1, -0.05) is 37.4 Å². The van der Waals surface area contributed by atoms with E-state index in [4.69, 9.17) is 23.7 Å². The van der Waals surface area contributed by atoms with Crippen LogP contribution in [-0.4, -0.2) is 44.8 Å². The number of esters is 3.